The van der Waals surface area contributed by atoms with E-state index < -0.39 is 0 Å². The minimum atomic E-state index is 0.275. The number of hydrogen-bond donors (Lipinski definition) is 0. The van der Waals surface area contributed by atoms with Gasteiger partial charge in [0.25, 0.3) is 0 Å². The van der Waals surface area contributed by atoms with Crippen LogP contribution in [0, 0.1) is 5.92 Å². The number of hydrogen-bond acceptors (Lipinski definition) is 2. The molecule has 0 N–H and O–H groups in total. The van der Waals surface area contributed by atoms with Crippen LogP contribution in [0.5, 0.6) is 5.75 Å². The van der Waals surface area contributed by atoms with Gasteiger partial charge in [0.2, 0.25) is 0 Å². The smallest absolute Gasteiger partial charge is 0.123 e. The van der Waals surface area contributed by atoms with Crippen molar-refractivity contribution in [3.63, 3.8) is 0 Å². The van der Waals surface area contributed by atoms with E-state index in [9.17, 15) is 4.79 Å². The molecule has 2 atom stereocenters. The second-order valence-corrected chi connectivity index (χ2v) is 4.18. The lowest BCUT2D eigenvalue weighted by molar-refractivity contribution is -0.110. The second kappa shape index (κ2) is 4.47. The van der Waals surface area contributed by atoms with Crippen molar-refractivity contribution in [2.75, 3.05) is 7.11 Å². The first-order chi connectivity index (χ1) is 7.33. The fraction of sp³-hybridized carbons (Fsp3) is 0.462. The number of methoxy groups -OCH3 is 1. The highest BCUT2D eigenvalue weighted by Gasteiger charge is 2.25. The Hall–Kier alpha value is -1.31. The first-order valence-corrected chi connectivity index (χ1v) is 5.42. The number of aldehydes is 1. The third-order valence-electron chi connectivity index (χ3n) is 3.25. The number of carbonyl (C=O) groups is 1. The van der Waals surface area contributed by atoms with Gasteiger partial charge in [-0.25, -0.2) is 0 Å². The molecule has 0 aromatic heterocycles. The van der Waals surface area contributed by atoms with Crippen LogP contribution in [-0.2, 0) is 4.79 Å². The molecular formula is C13H16O2. The fourth-order valence-corrected chi connectivity index (χ4v) is 2.32. The highest BCUT2D eigenvalue weighted by molar-refractivity contribution is 5.54. The van der Waals surface area contributed by atoms with Crippen LogP contribution in [0.4, 0.5) is 0 Å². The van der Waals surface area contributed by atoms with Crippen molar-refractivity contribution in [3.05, 3.63) is 29.8 Å². The van der Waals surface area contributed by atoms with Crippen molar-refractivity contribution in [2.24, 2.45) is 5.92 Å². The molecule has 0 amide bonds. The van der Waals surface area contributed by atoms with E-state index in [0.717, 1.165) is 31.3 Å². The van der Waals surface area contributed by atoms with Crippen molar-refractivity contribution >= 4 is 6.29 Å². The van der Waals surface area contributed by atoms with E-state index in [1.165, 1.54) is 5.56 Å². The second-order valence-electron chi connectivity index (χ2n) is 4.18. The third-order valence-corrected chi connectivity index (χ3v) is 3.25. The number of rotatable bonds is 3. The minimum Gasteiger partial charge on any atom is -0.497 e. The molecule has 0 aliphatic heterocycles. The Morgan fingerprint density at radius 1 is 1.27 bits per heavy atom. The SMILES string of the molecule is COc1ccc(C2CCC(C=O)C2)cc1. The van der Waals surface area contributed by atoms with Crippen molar-refractivity contribution in [2.45, 2.75) is 25.2 Å². The quantitative estimate of drug-likeness (QED) is 0.708. The van der Waals surface area contributed by atoms with Crippen LogP contribution >= 0.6 is 0 Å². The number of benzene rings is 1. The van der Waals surface area contributed by atoms with E-state index in [1.54, 1.807) is 7.11 Å². The van der Waals surface area contributed by atoms with E-state index in [4.69, 9.17) is 4.74 Å². The standard InChI is InChI=1S/C13H16O2/c1-15-13-6-4-11(5-7-13)12-3-2-10(8-12)9-14/h4-7,9-10,12H,2-3,8H2,1H3. The van der Waals surface area contributed by atoms with E-state index >= 15 is 0 Å². The molecule has 1 aromatic carbocycles. The van der Waals surface area contributed by atoms with Gasteiger partial charge in [0.15, 0.2) is 0 Å². The molecule has 2 nitrogen and oxygen atoms in total. The summed E-state index contributed by atoms with van der Waals surface area (Å²) in [7, 11) is 1.67. The van der Waals surface area contributed by atoms with Gasteiger partial charge in [0.05, 0.1) is 7.11 Å². The molecule has 0 bridgehead atoms. The first kappa shape index (κ1) is 10.2. The maximum Gasteiger partial charge on any atom is 0.123 e. The molecule has 1 fully saturated rings. The Morgan fingerprint density at radius 3 is 2.53 bits per heavy atom. The Labute approximate surface area is 90.3 Å². The maximum absolute atomic E-state index is 10.7. The van der Waals surface area contributed by atoms with E-state index in [1.807, 2.05) is 12.1 Å². The van der Waals surface area contributed by atoms with Gasteiger partial charge in [-0.2, -0.15) is 0 Å². The van der Waals surface area contributed by atoms with Crippen molar-refractivity contribution in [1.82, 2.24) is 0 Å². The zero-order valence-corrected chi connectivity index (χ0v) is 8.98. The molecule has 2 heteroatoms. The molecule has 1 aliphatic rings. The Kier molecular flexibility index (Phi) is 3.05. The maximum atomic E-state index is 10.7. The molecule has 1 saturated carbocycles. The Balaban J connectivity index is 2.07. The van der Waals surface area contributed by atoms with Gasteiger partial charge < -0.3 is 9.53 Å². The predicted molar refractivity (Wildman–Crippen MR) is 59.1 cm³/mol. The van der Waals surface area contributed by atoms with Gasteiger partial charge >= 0.3 is 0 Å². The lowest BCUT2D eigenvalue weighted by Crippen LogP contribution is -1.96. The molecule has 2 unspecified atom stereocenters. The molecule has 0 saturated heterocycles. The minimum absolute atomic E-state index is 0.275. The van der Waals surface area contributed by atoms with Crippen molar-refractivity contribution < 1.29 is 9.53 Å². The Bertz CT molecular complexity index is 329. The first-order valence-electron chi connectivity index (χ1n) is 5.42. The molecule has 80 valence electrons. The summed E-state index contributed by atoms with van der Waals surface area (Å²) in [5.74, 6) is 1.73. The summed E-state index contributed by atoms with van der Waals surface area (Å²) in [4.78, 5) is 10.7. The average molecular weight is 204 g/mol. The third kappa shape index (κ3) is 2.20. The molecule has 2 rings (SSSR count). The van der Waals surface area contributed by atoms with E-state index in [0.29, 0.717) is 5.92 Å². The van der Waals surface area contributed by atoms with Crippen LogP contribution in [0.25, 0.3) is 0 Å². The molecule has 0 spiro atoms. The predicted octanol–water partition coefficient (Wildman–Crippen LogP) is 2.78. The van der Waals surface area contributed by atoms with Gasteiger partial charge in [-0.1, -0.05) is 12.1 Å². The summed E-state index contributed by atoms with van der Waals surface area (Å²) < 4.78 is 5.12. The van der Waals surface area contributed by atoms with Gasteiger partial charge in [-0.3, -0.25) is 0 Å². The van der Waals surface area contributed by atoms with Gasteiger partial charge in [-0.15, -0.1) is 0 Å². The van der Waals surface area contributed by atoms with Crippen LogP contribution < -0.4 is 4.74 Å². The Morgan fingerprint density at radius 2 is 2.00 bits per heavy atom. The van der Waals surface area contributed by atoms with Crippen molar-refractivity contribution in [1.29, 1.82) is 0 Å². The summed E-state index contributed by atoms with van der Waals surface area (Å²) in [6.07, 6.45) is 4.29. The van der Waals surface area contributed by atoms with Crippen LogP contribution in [0.2, 0.25) is 0 Å². The normalized spacial score (nSPS) is 25.1. The molecule has 15 heavy (non-hydrogen) atoms. The van der Waals surface area contributed by atoms with E-state index in [2.05, 4.69) is 12.1 Å². The molecule has 1 aromatic rings. The van der Waals surface area contributed by atoms with Crippen molar-refractivity contribution in [3.8, 4) is 5.75 Å². The van der Waals surface area contributed by atoms with Gasteiger partial charge in [0, 0.05) is 5.92 Å². The zero-order chi connectivity index (χ0) is 10.7. The number of ether oxygens (including phenoxy) is 1. The van der Waals surface area contributed by atoms with Gasteiger partial charge in [0.1, 0.15) is 12.0 Å². The highest BCUT2D eigenvalue weighted by Crippen LogP contribution is 2.37. The zero-order valence-electron chi connectivity index (χ0n) is 8.98. The molecular weight excluding hydrogens is 188 g/mol. The van der Waals surface area contributed by atoms with Gasteiger partial charge in [-0.05, 0) is 42.9 Å². The average Bonchev–Trinajstić information content (AvgIpc) is 2.78. The van der Waals surface area contributed by atoms with Crippen LogP contribution in [0.15, 0.2) is 24.3 Å². The molecule has 0 radical (unpaired) electrons. The largest absolute Gasteiger partial charge is 0.497 e. The number of carbonyl (C=O) groups excluding carboxylic acids is 1. The highest BCUT2D eigenvalue weighted by atomic mass is 16.5. The lowest BCUT2D eigenvalue weighted by atomic mass is 9.96. The summed E-state index contributed by atoms with van der Waals surface area (Å²) in [5.41, 5.74) is 1.33. The summed E-state index contributed by atoms with van der Waals surface area (Å²) in [6, 6.07) is 8.19. The van der Waals surface area contributed by atoms with E-state index in [-0.39, 0.29) is 5.92 Å². The summed E-state index contributed by atoms with van der Waals surface area (Å²) in [5, 5.41) is 0. The van der Waals surface area contributed by atoms with Crippen LogP contribution in [0.3, 0.4) is 0 Å². The summed E-state index contributed by atoms with van der Waals surface area (Å²) in [6.45, 7) is 0. The summed E-state index contributed by atoms with van der Waals surface area (Å²) >= 11 is 0. The molecule has 1 aliphatic carbocycles. The molecule has 0 heterocycles. The van der Waals surface area contributed by atoms with Crippen LogP contribution in [-0.4, -0.2) is 13.4 Å². The monoisotopic (exact) mass is 204 g/mol. The van der Waals surface area contributed by atoms with Crippen LogP contribution in [0.1, 0.15) is 30.7 Å². The topological polar surface area (TPSA) is 26.3 Å². The lowest BCUT2D eigenvalue weighted by Gasteiger charge is -2.10. The fourth-order valence-electron chi connectivity index (χ4n) is 2.32.